The van der Waals surface area contributed by atoms with E-state index in [0.717, 1.165) is 29.7 Å². The van der Waals surface area contributed by atoms with Crippen molar-refractivity contribution in [3.05, 3.63) is 28.2 Å². The maximum absolute atomic E-state index is 6.23. The van der Waals surface area contributed by atoms with Crippen LogP contribution in [0.5, 0.6) is 5.75 Å². The number of rotatable bonds is 6. The smallest absolute Gasteiger partial charge is 0.128 e. The summed E-state index contributed by atoms with van der Waals surface area (Å²) in [5.74, 6) is 1.37. The first kappa shape index (κ1) is 16.1. The number of hydrogen-bond acceptors (Lipinski definition) is 2. The molecule has 0 heterocycles. The number of ether oxygens (including phenoxy) is 2. The molecule has 3 atom stereocenters. The summed E-state index contributed by atoms with van der Waals surface area (Å²) >= 11 is 9.74. The van der Waals surface area contributed by atoms with Gasteiger partial charge in [0.15, 0.2) is 0 Å². The van der Waals surface area contributed by atoms with Crippen LogP contribution in [0.2, 0.25) is 0 Å². The monoisotopic (exact) mass is 360 g/mol. The highest BCUT2D eigenvalue weighted by atomic mass is 79.9. The van der Waals surface area contributed by atoms with Crippen molar-refractivity contribution in [3.63, 3.8) is 0 Å². The van der Waals surface area contributed by atoms with Gasteiger partial charge in [0.05, 0.1) is 5.38 Å². The van der Waals surface area contributed by atoms with E-state index in [0.29, 0.717) is 5.92 Å². The largest absolute Gasteiger partial charge is 0.487 e. The molecule has 0 aromatic heterocycles. The van der Waals surface area contributed by atoms with Crippen molar-refractivity contribution in [1.82, 2.24) is 0 Å². The molecule has 0 radical (unpaired) electrons. The Hall–Kier alpha value is -0.250. The Morgan fingerprint density at radius 1 is 1.40 bits per heavy atom. The molecule has 1 aromatic rings. The Morgan fingerprint density at radius 2 is 2.15 bits per heavy atom. The number of benzene rings is 1. The average Bonchev–Trinajstić information content (AvgIpc) is 2.40. The van der Waals surface area contributed by atoms with Crippen molar-refractivity contribution in [3.8, 4) is 5.75 Å². The molecule has 0 spiro atoms. The SMILES string of the molecule is CCCOC1C(Cl)CC1Oc1ccc(Br)cc1C(C)C. The van der Waals surface area contributed by atoms with E-state index >= 15 is 0 Å². The molecule has 1 aliphatic rings. The van der Waals surface area contributed by atoms with Crippen molar-refractivity contribution in [2.24, 2.45) is 0 Å². The van der Waals surface area contributed by atoms with Crippen molar-refractivity contribution in [2.75, 3.05) is 6.61 Å². The summed E-state index contributed by atoms with van der Waals surface area (Å²) in [6.45, 7) is 7.18. The van der Waals surface area contributed by atoms with Crippen LogP contribution in [-0.2, 0) is 4.74 Å². The third kappa shape index (κ3) is 3.69. The molecule has 0 bridgehead atoms. The van der Waals surface area contributed by atoms with Gasteiger partial charge >= 0.3 is 0 Å². The van der Waals surface area contributed by atoms with Gasteiger partial charge in [-0.05, 0) is 36.1 Å². The molecule has 0 N–H and O–H groups in total. The summed E-state index contributed by atoms with van der Waals surface area (Å²) in [6.07, 6.45) is 1.94. The van der Waals surface area contributed by atoms with Crippen LogP contribution < -0.4 is 4.74 Å². The van der Waals surface area contributed by atoms with E-state index in [1.54, 1.807) is 0 Å². The maximum atomic E-state index is 6.23. The standard InChI is InChI=1S/C16H22BrClO2/c1-4-7-19-16-13(18)9-15(16)20-14-6-5-11(17)8-12(14)10(2)3/h5-6,8,10,13,15-16H,4,7,9H2,1-3H3. The van der Waals surface area contributed by atoms with Gasteiger partial charge in [-0.25, -0.2) is 0 Å². The van der Waals surface area contributed by atoms with Crippen LogP contribution >= 0.6 is 27.5 Å². The van der Waals surface area contributed by atoms with Gasteiger partial charge in [0.1, 0.15) is 18.0 Å². The van der Waals surface area contributed by atoms with Crippen LogP contribution in [0.1, 0.15) is 45.1 Å². The Balaban J connectivity index is 2.06. The Morgan fingerprint density at radius 3 is 2.75 bits per heavy atom. The Kier molecular flexibility index (Phi) is 5.76. The summed E-state index contributed by atoms with van der Waals surface area (Å²) in [4.78, 5) is 0. The van der Waals surface area contributed by atoms with E-state index < -0.39 is 0 Å². The molecule has 3 unspecified atom stereocenters. The summed E-state index contributed by atoms with van der Waals surface area (Å²) in [7, 11) is 0. The Bertz CT molecular complexity index is 450. The van der Waals surface area contributed by atoms with Crippen LogP contribution in [-0.4, -0.2) is 24.2 Å². The lowest BCUT2D eigenvalue weighted by Crippen LogP contribution is -2.52. The molecule has 0 amide bonds. The Labute approximate surface area is 134 Å². The van der Waals surface area contributed by atoms with Crippen LogP contribution in [0.3, 0.4) is 0 Å². The molecule has 0 aliphatic heterocycles. The topological polar surface area (TPSA) is 18.5 Å². The highest BCUT2D eigenvalue weighted by Gasteiger charge is 2.43. The summed E-state index contributed by atoms with van der Waals surface area (Å²) in [5, 5.41) is 0.0736. The van der Waals surface area contributed by atoms with Gasteiger partial charge in [-0.15, -0.1) is 11.6 Å². The van der Waals surface area contributed by atoms with Gasteiger partial charge in [0.2, 0.25) is 0 Å². The van der Waals surface area contributed by atoms with E-state index in [1.807, 2.05) is 12.1 Å². The summed E-state index contributed by atoms with van der Waals surface area (Å²) < 4.78 is 13.0. The van der Waals surface area contributed by atoms with Crippen molar-refractivity contribution < 1.29 is 9.47 Å². The lowest BCUT2D eigenvalue weighted by molar-refractivity contribution is -0.0801. The molecule has 2 rings (SSSR count). The highest BCUT2D eigenvalue weighted by molar-refractivity contribution is 9.10. The second kappa shape index (κ2) is 7.15. The van der Waals surface area contributed by atoms with Gasteiger partial charge in [0, 0.05) is 17.5 Å². The fourth-order valence-corrected chi connectivity index (χ4v) is 3.14. The van der Waals surface area contributed by atoms with Crippen molar-refractivity contribution in [1.29, 1.82) is 0 Å². The lowest BCUT2D eigenvalue weighted by atomic mass is 9.90. The third-order valence-electron chi connectivity index (χ3n) is 3.57. The minimum Gasteiger partial charge on any atom is -0.487 e. The first-order valence-corrected chi connectivity index (χ1v) is 8.47. The zero-order chi connectivity index (χ0) is 14.7. The fraction of sp³-hybridized carbons (Fsp3) is 0.625. The molecular weight excluding hydrogens is 340 g/mol. The van der Waals surface area contributed by atoms with Crippen molar-refractivity contribution >= 4 is 27.5 Å². The molecule has 1 aliphatic carbocycles. The normalized spacial score (nSPS) is 25.6. The molecule has 20 heavy (non-hydrogen) atoms. The van der Waals surface area contributed by atoms with Gasteiger partial charge < -0.3 is 9.47 Å². The molecule has 0 saturated heterocycles. The quantitative estimate of drug-likeness (QED) is 0.654. The summed E-state index contributed by atoms with van der Waals surface area (Å²) in [6, 6.07) is 6.16. The highest BCUT2D eigenvalue weighted by Crippen LogP contribution is 2.36. The molecule has 1 aromatic carbocycles. The second-order valence-corrected chi connectivity index (χ2v) is 7.06. The number of halogens is 2. The van der Waals surface area contributed by atoms with Crippen LogP contribution in [0.4, 0.5) is 0 Å². The minimum atomic E-state index is 0.0141. The average molecular weight is 362 g/mol. The summed E-state index contributed by atoms with van der Waals surface area (Å²) in [5.41, 5.74) is 1.21. The third-order valence-corrected chi connectivity index (χ3v) is 4.49. The van der Waals surface area contributed by atoms with E-state index in [-0.39, 0.29) is 17.6 Å². The van der Waals surface area contributed by atoms with Gasteiger partial charge in [-0.3, -0.25) is 0 Å². The van der Waals surface area contributed by atoms with E-state index in [4.69, 9.17) is 21.1 Å². The first-order valence-electron chi connectivity index (χ1n) is 7.24. The van der Waals surface area contributed by atoms with Gasteiger partial charge in [-0.2, -0.15) is 0 Å². The van der Waals surface area contributed by atoms with E-state index in [1.165, 1.54) is 5.56 Å². The first-order chi connectivity index (χ1) is 9.52. The maximum Gasteiger partial charge on any atom is 0.128 e. The molecule has 4 heteroatoms. The molecule has 112 valence electrons. The lowest BCUT2D eigenvalue weighted by Gasteiger charge is -2.41. The minimum absolute atomic E-state index is 0.0141. The van der Waals surface area contributed by atoms with Crippen molar-refractivity contribution in [2.45, 2.75) is 57.1 Å². The van der Waals surface area contributed by atoms with Gasteiger partial charge in [-0.1, -0.05) is 36.7 Å². The molecule has 1 saturated carbocycles. The van der Waals surface area contributed by atoms with Gasteiger partial charge in [0.25, 0.3) is 0 Å². The molecule has 1 fully saturated rings. The second-order valence-electron chi connectivity index (χ2n) is 5.58. The molecular formula is C16H22BrClO2. The van der Waals surface area contributed by atoms with Crippen LogP contribution in [0, 0.1) is 0 Å². The zero-order valence-electron chi connectivity index (χ0n) is 12.2. The van der Waals surface area contributed by atoms with E-state index in [2.05, 4.69) is 42.8 Å². The van der Waals surface area contributed by atoms with Crippen LogP contribution in [0.25, 0.3) is 0 Å². The zero-order valence-corrected chi connectivity index (χ0v) is 14.6. The fourth-order valence-electron chi connectivity index (χ4n) is 2.35. The predicted molar refractivity (Wildman–Crippen MR) is 86.9 cm³/mol. The predicted octanol–water partition coefficient (Wildman–Crippen LogP) is 5.13. The van der Waals surface area contributed by atoms with Crippen LogP contribution in [0.15, 0.2) is 22.7 Å². The molecule has 2 nitrogen and oxygen atoms in total. The number of hydrogen-bond donors (Lipinski definition) is 0. The number of alkyl halides is 1. The van der Waals surface area contributed by atoms with E-state index in [9.17, 15) is 0 Å².